The lowest BCUT2D eigenvalue weighted by Crippen LogP contribution is -2.31. The van der Waals surface area contributed by atoms with E-state index in [9.17, 15) is 22.8 Å². The molecule has 4 nitrogen and oxygen atoms in total. The van der Waals surface area contributed by atoms with Crippen LogP contribution in [0.5, 0.6) is 0 Å². The molecule has 1 aromatic rings. The number of carbonyl (C=O) groups excluding carboxylic acids is 2. The van der Waals surface area contributed by atoms with Crippen LogP contribution in [0.3, 0.4) is 0 Å². The SMILES string of the molecule is COCCN1C(=O)S/C(=C/c2ccc(C(F)(F)F)cc2)C1=O. The number of nitrogens with zero attached hydrogens (tertiary/aromatic N) is 1. The highest BCUT2D eigenvalue weighted by atomic mass is 32.2. The molecule has 118 valence electrons. The average Bonchev–Trinajstić information content (AvgIpc) is 2.71. The Bertz CT molecular complexity index is 611. The molecule has 1 fully saturated rings. The van der Waals surface area contributed by atoms with Crippen molar-refractivity contribution >= 4 is 29.0 Å². The Kier molecular flexibility index (Phi) is 4.92. The Morgan fingerprint density at radius 1 is 1.23 bits per heavy atom. The summed E-state index contributed by atoms with van der Waals surface area (Å²) >= 11 is 0.758. The minimum atomic E-state index is -4.41. The van der Waals surface area contributed by atoms with Crippen molar-refractivity contribution in [1.82, 2.24) is 4.90 Å². The van der Waals surface area contributed by atoms with Crippen LogP contribution in [-0.4, -0.2) is 36.3 Å². The zero-order chi connectivity index (χ0) is 16.3. The Morgan fingerprint density at radius 2 is 1.86 bits per heavy atom. The topological polar surface area (TPSA) is 46.6 Å². The number of rotatable bonds is 4. The molecule has 0 N–H and O–H groups in total. The standard InChI is InChI=1S/C14H12F3NO3S/c1-21-7-6-18-12(19)11(22-13(18)20)8-9-2-4-10(5-3-9)14(15,16)17/h2-5,8H,6-7H2,1H3/b11-8+. The van der Waals surface area contributed by atoms with Crippen LogP contribution >= 0.6 is 11.8 Å². The largest absolute Gasteiger partial charge is 0.416 e. The van der Waals surface area contributed by atoms with Crippen molar-refractivity contribution < 1.29 is 27.5 Å². The van der Waals surface area contributed by atoms with Gasteiger partial charge in [0.1, 0.15) is 0 Å². The highest BCUT2D eigenvalue weighted by Gasteiger charge is 2.34. The summed E-state index contributed by atoms with van der Waals surface area (Å²) in [7, 11) is 1.46. The quantitative estimate of drug-likeness (QED) is 0.794. The highest BCUT2D eigenvalue weighted by molar-refractivity contribution is 8.18. The smallest absolute Gasteiger partial charge is 0.383 e. The van der Waals surface area contributed by atoms with E-state index >= 15 is 0 Å². The molecule has 1 aliphatic heterocycles. The van der Waals surface area contributed by atoms with E-state index in [1.807, 2.05) is 0 Å². The van der Waals surface area contributed by atoms with Gasteiger partial charge in [-0.25, -0.2) is 0 Å². The molecule has 1 saturated heterocycles. The fourth-order valence-corrected chi connectivity index (χ4v) is 2.66. The van der Waals surface area contributed by atoms with Gasteiger partial charge in [0.05, 0.1) is 23.6 Å². The van der Waals surface area contributed by atoms with Crippen LogP contribution in [0.25, 0.3) is 6.08 Å². The van der Waals surface area contributed by atoms with Gasteiger partial charge in [0.25, 0.3) is 11.1 Å². The molecule has 0 atom stereocenters. The molecule has 0 unspecified atom stereocenters. The maximum Gasteiger partial charge on any atom is 0.416 e. The molecule has 0 aromatic heterocycles. The van der Waals surface area contributed by atoms with E-state index in [1.54, 1.807) is 0 Å². The summed E-state index contributed by atoms with van der Waals surface area (Å²) in [6.45, 7) is 0.372. The molecule has 8 heteroatoms. The van der Waals surface area contributed by atoms with Gasteiger partial charge in [-0.1, -0.05) is 12.1 Å². The van der Waals surface area contributed by atoms with Crippen LogP contribution in [0.15, 0.2) is 29.2 Å². The van der Waals surface area contributed by atoms with Crippen LogP contribution in [0, 0.1) is 0 Å². The van der Waals surface area contributed by atoms with Crippen LogP contribution in [0.1, 0.15) is 11.1 Å². The molecule has 0 saturated carbocycles. The van der Waals surface area contributed by atoms with Crippen molar-refractivity contribution in [1.29, 1.82) is 0 Å². The van der Waals surface area contributed by atoms with Crippen LogP contribution < -0.4 is 0 Å². The van der Waals surface area contributed by atoms with Gasteiger partial charge in [0, 0.05) is 7.11 Å². The average molecular weight is 331 g/mol. The van der Waals surface area contributed by atoms with E-state index in [2.05, 4.69) is 0 Å². The second-order valence-electron chi connectivity index (χ2n) is 4.45. The number of hydrogen-bond acceptors (Lipinski definition) is 4. The molecule has 0 bridgehead atoms. The van der Waals surface area contributed by atoms with Gasteiger partial charge in [-0.05, 0) is 35.5 Å². The zero-order valence-electron chi connectivity index (χ0n) is 11.5. The van der Waals surface area contributed by atoms with Gasteiger partial charge in [-0.2, -0.15) is 13.2 Å². The van der Waals surface area contributed by atoms with Crippen LogP contribution in [0.4, 0.5) is 18.0 Å². The molecule has 1 aliphatic rings. The minimum absolute atomic E-state index is 0.144. The van der Waals surface area contributed by atoms with E-state index in [-0.39, 0.29) is 18.1 Å². The van der Waals surface area contributed by atoms with Crippen LogP contribution in [-0.2, 0) is 15.7 Å². The number of methoxy groups -OCH3 is 1. The molecule has 0 aliphatic carbocycles. The molecular formula is C14H12F3NO3S. The third-order valence-electron chi connectivity index (χ3n) is 2.93. The number of ether oxygens (including phenoxy) is 1. The summed E-state index contributed by atoms with van der Waals surface area (Å²) in [6, 6.07) is 4.37. The number of imide groups is 1. The summed E-state index contributed by atoms with van der Waals surface area (Å²) in [5.74, 6) is -0.466. The molecule has 0 spiro atoms. The first-order valence-electron chi connectivity index (χ1n) is 6.24. The van der Waals surface area contributed by atoms with E-state index in [0.717, 1.165) is 28.8 Å². The lowest BCUT2D eigenvalue weighted by Gasteiger charge is -2.10. The first kappa shape index (κ1) is 16.6. The monoisotopic (exact) mass is 331 g/mol. The Hall–Kier alpha value is -1.80. The number of benzene rings is 1. The van der Waals surface area contributed by atoms with Gasteiger partial charge in [0.15, 0.2) is 0 Å². The summed E-state index contributed by atoms with van der Waals surface area (Å²) in [4.78, 5) is 25.0. The van der Waals surface area contributed by atoms with Crippen molar-refractivity contribution in [3.05, 3.63) is 40.3 Å². The van der Waals surface area contributed by atoms with Crippen molar-refractivity contribution in [2.24, 2.45) is 0 Å². The second-order valence-corrected chi connectivity index (χ2v) is 5.44. The summed E-state index contributed by atoms with van der Waals surface area (Å²) < 4.78 is 42.2. The number of hydrogen-bond donors (Lipinski definition) is 0. The van der Waals surface area contributed by atoms with E-state index < -0.39 is 22.9 Å². The van der Waals surface area contributed by atoms with Gasteiger partial charge < -0.3 is 4.74 Å². The van der Waals surface area contributed by atoms with Gasteiger partial charge in [0.2, 0.25) is 0 Å². The molecule has 2 rings (SSSR count). The van der Waals surface area contributed by atoms with Crippen LogP contribution in [0.2, 0.25) is 0 Å². The van der Waals surface area contributed by atoms with Crippen molar-refractivity contribution in [3.63, 3.8) is 0 Å². The molecular weight excluding hydrogens is 319 g/mol. The molecule has 1 aromatic carbocycles. The minimum Gasteiger partial charge on any atom is -0.383 e. The van der Waals surface area contributed by atoms with Gasteiger partial charge in [-0.3, -0.25) is 14.5 Å². The van der Waals surface area contributed by atoms with Crippen molar-refractivity contribution in [2.45, 2.75) is 6.18 Å². The predicted octanol–water partition coefficient (Wildman–Crippen LogP) is 3.39. The summed E-state index contributed by atoms with van der Waals surface area (Å²) in [6.07, 6.45) is -3.01. The predicted molar refractivity (Wildman–Crippen MR) is 76.0 cm³/mol. The number of carbonyl (C=O) groups is 2. The lowest BCUT2D eigenvalue weighted by molar-refractivity contribution is -0.137. The number of thioether (sulfide) groups is 1. The van der Waals surface area contributed by atoms with Gasteiger partial charge >= 0.3 is 6.18 Å². The first-order chi connectivity index (χ1) is 10.3. The number of halogens is 3. The lowest BCUT2D eigenvalue weighted by atomic mass is 10.1. The Labute approximate surface area is 128 Å². The van der Waals surface area contributed by atoms with Crippen molar-refractivity contribution in [2.75, 3.05) is 20.3 Å². The maximum atomic E-state index is 12.5. The molecule has 0 radical (unpaired) electrons. The molecule has 1 heterocycles. The summed E-state index contributed by atoms with van der Waals surface area (Å²) in [5, 5.41) is -0.416. The number of alkyl halides is 3. The Morgan fingerprint density at radius 3 is 2.41 bits per heavy atom. The summed E-state index contributed by atoms with van der Waals surface area (Å²) in [5.41, 5.74) is -0.344. The normalized spacial score (nSPS) is 17.6. The first-order valence-corrected chi connectivity index (χ1v) is 7.06. The van der Waals surface area contributed by atoms with Gasteiger partial charge in [-0.15, -0.1) is 0 Å². The molecule has 2 amide bonds. The fraction of sp³-hybridized carbons (Fsp3) is 0.286. The van der Waals surface area contributed by atoms with Crippen molar-refractivity contribution in [3.8, 4) is 0 Å². The highest BCUT2D eigenvalue weighted by Crippen LogP contribution is 2.33. The third-order valence-corrected chi connectivity index (χ3v) is 3.84. The maximum absolute atomic E-state index is 12.5. The van der Waals surface area contributed by atoms with E-state index in [1.165, 1.54) is 25.3 Å². The zero-order valence-corrected chi connectivity index (χ0v) is 12.3. The Balaban J connectivity index is 2.16. The second kappa shape index (κ2) is 6.53. The van der Waals surface area contributed by atoms with E-state index in [4.69, 9.17) is 4.74 Å². The third kappa shape index (κ3) is 3.69. The number of amides is 2. The molecule has 22 heavy (non-hydrogen) atoms. The fourth-order valence-electron chi connectivity index (χ4n) is 1.80. The van der Waals surface area contributed by atoms with E-state index in [0.29, 0.717) is 5.56 Å².